The molecule has 0 heterocycles. The third-order valence-corrected chi connectivity index (χ3v) is 5.65. The molecule has 3 nitrogen and oxygen atoms in total. The van der Waals surface area contributed by atoms with Crippen LogP contribution < -0.4 is 0 Å². The molecule has 0 radical (unpaired) electrons. The molecule has 0 N–H and O–H groups in total. The predicted octanol–water partition coefficient (Wildman–Crippen LogP) is 4.23. The molecule has 0 amide bonds. The zero-order valence-corrected chi connectivity index (χ0v) is 13.6. The van der Waals surface area contributed by atoms with E-state index in [4.69, 9.17) is 9.69 Å². The maximum absolute atomic E-state index is 12.4. The Kier molecular flexibility index (Phi) is 6.46. The van der Waals surface area contributed by atoms with E-state index >= 15 is 0 Å². The van der Waals surface area contributed by atoms with Crippen LogP contribution in [0.1, 0.15) is 37.7 Å². The molecule has 108 valence electrons. The van der Waals surface area contributed by atoms with Gasteiger partial charge in [0, 0.05) is 6.42 Å². The lowest BCUT2D eigenvalue weighted by Crippen LogP contribution is -2.35. The van der Waals surface area contributed by atoms with Gasteiger partial charge in [-0.1, -0.05) is 37.3 Å². The average molecular weight is 289 g/mol. The first-order valence-electron chi connectivity index (χ1n) is 7.15. The minimum absolute atomic E-state index is 0.118. The number of nitrogens with zero attached hydrogens (tertiary/aromatic N) is 1. The third-order valence-electron chi connectivity index (χ3n) is 3.34. The van der Waals surface area contributed by atoms with Crippen LogP contribution in [0.3, 0.4) is 0 Å². The summed E-state index contributed by atoms with van der Waals surface area (Å²) < 4.78 is 5.78. The van der Waals surface area contributed by atoms with E-state index in [0.29, 0.717) is 6.42 Å². The molecule has 0 fully saturated rings. The summed E-state index contributed by atoms with van der Waals surface area (Å²) in [5, 5.41) is 8.58. The minimum atomic E-state index is -2.02. The molecule has 0 saturated carbocycles. The van der Waals surface area contributed by atoms with Gasteiger partial charge in [-0.25, -0.2) is 0 Å². The Morgan fingerprint density at radius 2 is 2.00 bits per heavy atom. The first kappa shape index (κ1) is 16.5. The molecule has 0 spiro atoms. The summed E-state index contributed by atoms with van der Waals surface area (Å²) in [6.07, 6.45) is 2.08. The van der Waals surface area contributed by atoms with Gasteiger partial charge in [0.25, 0.3) is 5.97 Å². The Morgan fingerprint density at radius 1 is 1.35 bits per heavy atom. The number of carbonyl (C=O) groups is 1. The monoisotopic (exact) mass is 289 g/mol. The number of benzene rings is 1. The molecule has 0 aliphatic rings. The fourth-order valence-electron chi connectivity index (χ4n) is 2.21. The third kappa shape index (κ3) is 5.18. The molecule has 0 aliphatic heterocycles. The lowest BCUT2D eigenvalue weighted by Gasteiger charge is -2.25. The quantitative estimate of drug-likeness (QED) is 0.557. The van der Waals surface area contributed by atoms with Crippen molar-refractivity contribution in [3.05, 3.63) is 35.9 Å². The molecule has 1 aromatic rings. The highest BCUT2D eigenvalue weighted by atomic mass is 28.4. The minimum Gasteiger partial charge on any atom is -0.519 e. The van der Waals surface area contributed by atoms with Crippen LogP contribution in [-0.2, 0) is 9.22 Å². The molecule has 1 atom stereocenters. The zero-order chi connectivity index (χ0) is 15.0. The lowest BCUT2D eigenvalue weighted by atomic mass is 9.97. The number of hydrogen-bond acceptors (Lipinski definition) is 3. The highest BCUT2D eigenvalue weighted by Crippen LogP contribution is 2.24. The molecular weight excluding hydrogens is 266 g/mol. The number of nitriles is 1. The van der Waals surface area contributed by atoms with E-state index < -0.39 is 8.32 Å². The van der Waals surface area contributed by atoms with E-state index in [0.717, 1.165) is 24.4 Å². The maximum Gasteiger partial charge on any atom is 0.300 e. The fourth-order valence-corrected chi connectivity index (χ4v) is 4.03. The van der Waals surface area contributed by atoms with Crippen LogP contribution in [-0.4, -0.2) is 14.3 Å². The van der Waals surface area contributed by atoms with Gasteiger partial charge in [-0.15, -0.1) is 0 Å². The van der Waals surface area contributed by atoms with Gasteiger partial charge in [-0.3, -0.25) is 4.79 Å². The van der Waals surface area contributed by atoms with Crippen LogP contribution in [0.25, 0.3) is 0 Å². The molecule has 0 saturated heterocycles. The van der Waals surface area contributed by atoms with Gasteiger partial charge in [0.1, 0.15) is 0 Å². The largest absolute Gasteiger partial charge is 0.519 e. The summed E-state index contributed by atoms with van der Waals surface area (Å²) in [5.74, 6) is -0.300. The Hall–Kier alpha value is -1.60. The van der Waals surface area contributed by atoms with Gasteiger partial charge in [-0.2, -0.15) is 5.26 Å². The molecular formula is C16H23NO2Si. The van der Waals surface area contributed by atoms with Crippen LogP contribution in [0.5, 0.6) is 0 Å². The van der Waals surface area contributed by atoms with Crippen LogP contribution in [0, 0.1) is 11.3 Å². The van der Waals surface area contributed by atoms with Gasteiger partial charge in [0.15, 0.2) is 0 Å². The summed E-state index contributed by atoms with van der Waals surface area (Å²) >= 11 is 0. The fraction of sp³-hybridized carbons (Fsp3) is 0.500. The summed E-state index contributed by atoms with van der Waals surface area (Å²) in [4.78, 5) is 12.4. The SMILES string of the molecule is CCC(C(=O)O[Si](C)(C)CCCC#N)c1ccccc1. The first-order chi connectivity index (χ1) is 9.50. The summed E-state index contributed by atoms with van der Waals surface area (Å²) in [6, 6.07) is 12.8. The van der Waals surface area contributed by atoms with E-state index in [2.05, 4.69) is 6.07 Å². The van der Waals surface area contributed by atoms with Gasteiger partial charge in [-0.05, 0) is 37.5 Å². The van der Waals surface area contributed by atoms with Gasteiger partial charge < -0.3 is 4.43 Å². The summed E-state index contributed by atoms with van der Waals surface area (Å²) in [7, 11) is -2.02. The number of hydrogen-bond donors (Lipinski definition) is 0. The Bertz CT molecular complexity index is 465. The van der Waals surface area contributed by atoms with Crippen molar-refractivity contribution in [2.24, 2.45) is 0 Å². The molecule has 0 aliphatic carbocycles. The van der Waals surface area contributed by atoms with Crippen molar-refractivity contribution < 1.29 is 9.22 Å². The number of unbranched alkanes of at least 4 members (excludes halogenated alkanes) is 1. The molecule has 20 heavy (non-hydrogen) atoms. The van der Waals surface area contributed by atoms with Crippen molar-refractivity contribution in [1.82, 2.24) is 0 Å². The summed E-state index contributed by atoms with van der Waals surface area (Å²) in [5.41, 5.74) is 1.02. The predicted molar refractivity (Wildman–Crippen MR) is 82.7 cm³/mol. The number of rotatable bonds is 7. The first-order valence-corrected chi connectivity index (χ1v) is 10.3. The van der Waals surface area contributed by atoms with Crippen molar-refractivity contribution in [1.29, 1.82) is 5.26 Å². The number of carbonyl (C=O) groups excluding carboxylic acids is 1. The van der Waals surface area contributed by atoms with E-state index in [9.17, 15) is 4.79 Å². The molecule has 0 aromatic heterocycles. The normalized spacial score (nSPS) is 12.5. The van der Waals surface area contributed by atoms with Crippen LogP contribution in [0.4, 0.5) is 0 Å². The van der Waals surface area contributed by atoms with Crippen LogP contribution in [0.15, 0.2) is 30.3 Å². The van der Waals surface area contributed by atoms with Gasteiger partial charge in [0.2, 0.25) is 8.32 Å². The Balaban J connectivity index is 2.66. The maximum atomic E-state index is 12.4. The smallest absolute Gasteiger partial charge is 0.300 e. The topological polar surface area (TPSA) is 50.1 Å². The highest BCUT2D eigenvalue weighted by Gasteiger charge is 2.30. The van der Waals surface area contributed by atoms with E-state index in [1.165, 1.54) is 0 Å². The van der Waals surface area contributed by atoms with E-state index in [1.807, 2.05) is 50.3 Å². The lowest BCUT2D eigenvalue weighted by molar-refractivity contribution is -0.137. The van der Waals surface area contributed by atoms with Crippen LogP contribution in [0.2, 0.25) is 19.1 Å². The Morgan fingerprint density at radius 3 is 2.55 bits per heavy atom. The highest BCUT2D eigenvalue weighted by molar-refractivity contribution is 6.72. The molecule has 1 unspecified atom stereocenters. The van der Waals surface area contributed by atoms with Crippen molar-refractivity contribution in [2.45, 2.75) is 51.2 Å². The van der Waals surface area contributed by atoms with Crippen molar-refractivity contribution in [2.75, 3.05) is 0 Å². The molecule has 0 bridgehead atoms. The van der Waals surface area contributed by atoms with Crippen molar-refractivity contribution in [3.8, 4) is 6.07 Å². The zero-order valence-electron chi connectivity index (χ0n) is 12.6. The van der Waals surface area contributed by atoms with Gasteiger partial charge >= 0.3 is 0 Å². The second kappa shape index (κ2) is 7.86. The second-order valence-corrected chi connectivity index (χ2v) is 9.79. The molecule has 4 heteroatoms. The Labute approximate surface area is 122 Å². The molecule has 1 aromatic carbocycles. The standard InChI is InChI=1S/C16H23NO2Si/c1-4-15(14-10-6-5-7-11-14)16(18)19-20(2,3)13-9-8-12-17/h5-7,10-11,15H,4,8-9,13H2,1-3H3. The van der Waals surface area contributed by atoms with Crippen LogP contribution >= 0.6 is 0 Å². The summed E-state index contributed by atoms with van der Waals surface area (Å²) in [6.45, 7) is 6.09. The van der Waals surface area contributed by atoms with E-state index in [1.54, 1.807) is 0 Å². The van der Waals surface area contributed by atoms with Crippen molar-refractivity contribution in [3.63, 3.8) is 0 Å². The van der Waals surface area contributed by atoms with E-state index in [-0.39, 0.29) is 11.9 Å². The van der Waals surface area contributed by atoms with Gasteiger partial charge in [0.05, 0.1) is 12.0 Å². The average Bonchev–Trinajstić information content (AvgIpc) is 2.40. The second-order valence-electron chi connectivity index (χ2n) is 5.56. The van der Waals surface area contributed by atoms with Crippen molar-refractivity contribution >= 4 is 14.3 Å². The molecule has 1 rings (SSSR count).